The van der Waals surface area contributed by atoms with Gasteiger partial charge in [0.1, 0.15) is 0 Å². The average molecular weight is 375 g/mol. The Kier molecular flexibility index (Phi) is 5.09. The van der Waals surface area contributed by atoms with Gasteiger partial charge in [-0.1, -0.05) is 48.9 Å². The number of nitrogens with zero attached hydrogens (tertiary/aromatic N) is 2. The van der Waals surface area contributed by atoms with Crippen molar-refractivity contribution in [3.63, 3.8) is 0 Å². The molecule has 1 aromatic heterocycles. The van der Waals surface area contributed by atoms with Crippen LogP contribution in [0.4, 0.5) is 0 Å². The first kappa shape index (κ1) is 17.9. The van der Waals surface area contributed by atoms with Crippen LogP contribution < -0.4 is 0 Å². The summed E-state index contributed by atoms with van der Waals surface area (Å²) in [6, 6.07) is 13.3. The highest BCUT2D eigenvalue weighted by Gasteiger charge is 2.20. The van der Waals surface area contributed by atoms with Gasteiger partial charge in [-0.15, -0.1) is 0 Å². The number of hydrogen-bond acceptors (Lipinski definition) is 2. The predicted octanol–water partition coefficient (Wildman–Crippen LogP) is 6.87. The summed E-state index contributed by atoms with van der Waals surface area (Å²) >= 11 is 6.40. The van der Waals surface area contributed by atoms with Crippen molar-refractivity contribution in [1.29, 1.82) is 0 Å². The molecule has 1 heterocycles. The Morgan fingerprint density at radius 3 is 2.22 bits per heavy atom. The van der Waals surface area contributed by atoms with E-state index in [9.17, 15) is 0 Å². The van der Waals surface area contributed by atoms with Crippen LogP contribution >= 0.6 is 11.6 Å². The minimum absolute atomic E-state index is 0.661. The topological polar surface area (TPSA) is 25.8 Å². The normalized spacial score (nSPS) is 15.9. The van der Waals surface area contributed by atoms with Crippen molar-refractivity contribution in [1.82, 2.24) is 9.97 Å². The third-order valence-electron chi connectivity index (χ3n) is 5.52. The second kappa shape index (κ2) is 7.66. The fourth-order valence-electron chi connectivity index (χ4n) is 4.27. The largest absolute Gasteiger partial charge is 0.262 e. The summed E-state index contributed by atoms with van der Waals surface area (Å²) in [6.07, 6.45) is 10.4. The Morgan fingerprint density at radius 1 is 0.852 bits per heavy atom. The molecule has 1 aliphatic rings. The maximum absolute atomic E-state index is 6.40. The van der Waals surface area contributed by atoms with Crippen LogP contribution in [0.5, 0.6) is 0 Å². The van der Waals surface area contributed by atoms with E-state index in [0.717, 1.165) is 5.02 Å². The molecule has 0 amide bonds. The van der Waals surface area contributed by atoms with Crippen LogP contribution in [-0.4, -0.2) is 9.97 Å². The smallest absolute Gasteiger partial charge is 0.0484 e. The first-order chi connectivity index (χ1) is 13.2. The molecule has 2 nitrogen and oxygen atoms in total. The molecule has 5 rings (SSSR count). The SMILES string of the molecule is Cc1ccc(Cl)c2ccc3c4c(ccc3c12)CCCC4C.c1cnccn1. The van der Waals surface area contributed by atoms with E-state index < -0.39 is 0 Å². The van der Waals surface area contributed by atoms with E-state index in [0.29, 0.717) is 5.92 Å². The van der Waals surface area contributed by atoms with Gasteiger partial charge in [0.05, 0.1) is 0 Å². The first-order valence-electron chi connectivity index (χ1n) is 9.50. The summed E-state index contributed by atoms with van der Waals surface area (Å²) in [4.78, 5) is 7.44. The monoisotopic (exact) mass is 374 g/mol. The van der Waals surface area contributed by atoms with E-state index in [2.05, 4.69) is 54.1 Å². The minimum atomic E-state index is 0.661. The van der Waals surface area contributed by atoms with E-state index in [4.69, 9.17) is 11.6 Å². The number of rotatable bonds is 0. The Labute approximate surface area is 165 Å². The molecule has 1 aliphatic carbocycles. The zero-order valence-corrected chi connectivity index (χ0v) is 16.5. The highest BCUT2D eigenvalue weighted by molar-refractivity contribution is 6.36. The van der Waals surface area contributed by atoms with Crippen LogP contribution in [0.25, 0.3) is 21.5 Å². The van der Waals surface area contributed by atoms with Gasteiger partial charge in [-0.3, -0.25) is 9.97 Å². The third-order valence-corrected chi connectivity index (χ3v) is 5.85. The molecule has 0 aliphatic heterocycles. The second-order valence-corrected chi connectivity index (χ2v) is 7.68. The van der Waals surface area contributed by atoms with Gasteiger partial charge in [0.25, 0.3) is 0 Å². The van der Waals surface area contributed by atoms with Crippen molar-refractivity contribution < 1.29 is 0 Å². The van der Waals surface area contributed by atoms with E-state index in [1.807, 2.05) is 6.07 Å². The standard InChI is InChI=1S/C20H19Cl.C4H4N2/c1-12-4-3-5-14-7-8-16-15(19(12)14)9-10-17-18(21)11-6-13(2)20(16)17;1-2-6-4-3-5-1/h6-12H,3-5H2,1-2H3;1-4H. The minimum Gasteiger partial charge on any atom is -0.262 e. The van der Waals surface area contributed by atoms with Crippen LogP contribution in [0, 0.1) is 6.92 Å². The van der Waals surface area contributed by atoms with E-state index in [1.165, 1.54) is 46.4 Å². The Morgan fingerprint density at radius 2 is 1.52 bits per heavy atom. The predicted molar refractivity (Wildman–Crippen MR) is 115 cm³/mol. The molecule has 0 bridgehead atoms. The van der Waals surface area contributed by atoms with Gasteiger partial charge < -0.3 is 0 Å². The average Bonchev–Trinajstić information content (AvgIpc) is 2.72. The molecule has 1 unspecified atom stereocenters. The van der Waals surface area contributed by atoms with Crippen LogP contribution in [0.15, 0.2) is 61.2 Å². The number of halogens is 1. The van der Waals surface area contributed by atoms with Crippen molar-refractivity contribution in [2.75, 3.05) is 0 Å². The number of fused-ring (bicyclic) bond motifs is 5. The number of aryl methyl sites for hydroxylation is 2. The molecule has 136 valence electrons. The highest BCUT2D eigenvalue weighted by atomic mass is 35.5. The fraction of sp³-hybridized carbons (Fsp3) is 0.250. The fourth-order valence-corrected chi connectivity index (χ4v) is 4.49. The maximum Gasteiger partial charge on any atom is 0.0484 e. The maximum atomic E-state index is 6.40. The quantitative estimate of drug-likeness (QED) is 0.314. The molecule has 0 radical (unpaired) electrons. The second-order valence-electron chi connectivity index (χ2n) is 7.27. The molecule has 0 fully saturated rings. The van der Waals surface area contributed by atoms with Crippen molar-refractivity contribution in [2.24, 2.45) is 0 Å². The van der Waals surface area contributed by atoms with Crippen molar-refractivity contribution in [2.45, 2.75) is 39.0 Å². The summed E-state index contributed by atoms with van der Waals surface area (Å²) in [7, 11) is 0. The Bertz CT molecular complexity index is 1060. The lowest BCUT2D eigenvalue weighted by Gasteiger charge is -2.25. The zero-order chi connectivity index (χ0) is 18.8. The van der Waals surface area contributed by atoms with Gasteiger partial charge in [-0.2, -0.15) is 0 Å². The van der Waals surface area contributed by atoms with Crippen LogP contribution in [-0.2, 0) is 6.42 Å². The highest BCUT2D eigenvalue weighted by Crippen LogP contribution is 2.40. The summed E-state index contributed by atoms with van der Waals surface area (Å²) in [6.45, 7) is 4.55. The summed E-state index contributed by atoms with van der Waals surface area (Å²) in [5.41, 5.74) is 4.42. The van der Waals surface area contributed by atoms with E-state index in [-0.39, 0.29) is 0 Å². The van der Waals surface area contributed by atoms with Crippen molar-refractivity contribution >= 4 is 33.1 Å². The molecule has 3 heteroatoms. The van der Waals surface area contributed by atoms with Gasteiger partial charge in [-0.05, 0) is 71.0 Å². The molecular formula is C24H23ClN2. The van der Waals surface area contributed by atoms with Gasteiger partial charge in [0.15, 0.2) is 0 Å². The number of hydrogen-bond donors (Lipinski definition) is 0. The van der Waals surface area contributed by atoms with Crippen LogP contribution in [0.2, 0.25) is 5.02 Å². The van der Waals surface area contributed by atoms with Gasteiger partial charge in [0.2, 0.25) is 0 Å². The molecule has 3 aromatic carbocycles. The van der Waals surface area contributed by atoms with Gasteiger partial charge in [-0.25, -0.2) is 0 Å². The lowest BCUT2D eigenvalue weighted by Crippen LogP contribution is -2.07. The molecular weight excluding hydrogens is 352 g/mol. The van der Waals surface area contributed by atoms with E-state index >= 15 is 0 Å². The summed E-state index contributed by atoms with van der Waals surface area (Å²) < 4.78 is 0. The molecule has 0 saturated heterocycles. The van der Waals surface area contributed by atoms with Crippen LogP contribution in [0.3, 0.4) is 0 Å². The molecule has 4 aromatic rings. The lowest BCUT2D eigenvalue weighted by atomic mass is 9.80. The molecule has 1 atom stereocenters. The van der Waals surface area contributed by atoms with Crippen molar-refractivity contribution in [3.05, 3.63) is 82.9 Å². The summed E-state index contributed by atoms with van der Waals surface area (Å²) in [5, 5.41) is 6.13. The van der Waals surface area contributed by atoms with Gasteiger partial charge >= 0.3 is 0 Å². The van der Waals surface area contributed by atoms with Crippen LogP contribution in [0.1, 0.15) is 42.4 Å². The molecule has 27 heavy (non-hydrogen) atoms. The third kappa shape index (κ3) is 3.42. The number of benzene rings is 3. The zero-order valence-electron chi connectivity index (χ0n) is 15.7. The molecule has 0 saturated carbocycles. The first-order valence-corrected chi connectivity index (χ1v) is 9.88. The van der Waals surface area contributed by atoms with Crippen molar-refractivity contribution in [3.8, 4) is 0 Å². The number of aromatic nitrogens is 2. The summed E-state index contributed by atoms with van der Waals surface area (Å²) in [5.74, 6) is 0.661. The van der Waals surface area contributed by atoms with Gasteiger partial charge in [0, 0.05) is 35.2 Å². The Balaban J connectivity index is 0.000000257. The molecule has 0 N–H and O–H groups in total. The van der Waals surface area contributed by atoms with E-state index in [1.54, 1.807) is 35.9 Å². The Hall–Kier alpha value is -2.45. The lowest BCUT2D eigenvalue weighted by molar-refractivity contribution is 0.595. The molecule has 0 spiro atoms.